The molecule has 21 heavy (non-hydrogen) atoms. The Labute approximate surface area is 121 Å². The van der Waals surface area contributed by atoms with Crippen molar-refractivity contribution in [1.82, 2.24) is 0 Å². The number of phenols is 1. The van der Waals surface area contributed by atoms with Gasteiger partial charge in [-0.15, -0.1) is 0 Å². The lowest BCUT2D eigenvalue weighted by Gasteiger charge is -1.99. The van der Waals surface area contributed by atoms with E-state index in [1.165, 1.54) is 12.1 Å². The van der Waals surface area contributed by atoms with Crippen molar-refractivity contribution in [2.75, 3.05) is 0 Å². The van der Waals surface area contributed by atoms with Crippen molar-refractivity contribution in [3.8, 4) is 17.6 Å². The maximum absolute atomic E-state index is 12.0. The zero-order chi connectivity index (χ0) is 15.0. The van der Waals surface area contributed by atoms with Crippen molar-refractivity contribution < 1.29 is 9.52 Å². The van der Waals surface area contributed by atoms with Gasteiger partial charge in [0.05, 0.1) is 5.22 Å². The lowest BCUT2D eigenvalue weighted by molar-refractivity contribution is 0.473. The van der Waals surface area contributed by atoms with Crippen LogP contribution in [0.15, 0.2) is 39.6 Å². The molecule has 1 fully saturated rings. The summed E-state index contributed by atoms with van der Waals surface area (Å²) in [5.41, 5.74) is 0.376. The third-order valence-corrected chi connectivity index (χ3v) is 3.37. The number of hydrogen-bond acceptors (Lipinski definition) is 3. The quantitative estimate of drug-likeness (QED) is 0.637. The fourth-order valence-electron chi connectivity index (χ4n) is 2.05. The highest BCUT2D eigenvalue weighted by Crippen LogP contribution is 2.27. The molecule has 3 rings (SSSR count). The van der Waals surface area contributed by atoms with Crippen LogP contribution in [0, 0.1) is 17.8 Å². The van der Waals surface area contributed by atoms with E-state index in [9.17, 15) is 9.90 Å². The standard InChI is InChI=1S/C18H14O3/c1-11(3-4-13-5-6-13)9-16-12(2)15-8-7-14(19)10-17(15)21-18(16)20/h7-10,13,19H,1-2,5-6H2/b16-9+. The van der Waals surface area contributed by atoms with Crippen LogP contribution < -0.4 is 16.1 Å². The van der Waals surface area contributed by atoms with Crippen LogP contribution in [0.5, 0.6) is 5.75 Å². The molecule has 0 radical (unpaired) electrons. The van der Waals surface area contributed by atoms with E-state index in [-0.39, 0.29) is 5.75 Å². The van der Waals surface area contributed by atoms with E-state index < -0.39 is 5.63 Å². The first-order chi connectivity index (χ1) is 10.0. The highest BCUT2D eigenvalue weighted by molar-refractivity contribution is 5.79. The van der Waals surface area contributed by atoms with Gasteiger partial charge < -0.3 is 9.52 Å². The Bertz CT molecular complexity index is 964. The molecule has 1 heterocycles. The maximum atomic E-state index is 12.0. The Balaban J connectivity index is 2.17. The molecule has 0 spiro atoms. The van der Waals surface area contributed by atoms with Crippen molar-refractivity contribution in [2.24, 2.45) is 5.92 Å². The molecule has 3 heteroatoms. The molecule has 2 aromatic rings. The predicted octanol–water partition coefficient (Wildman–Crippen LogP) is 1.66. The first kappa shape index (κ1) is 13.3. The molecule has 1 aliphatic rings. The number of benzene rings is 1. The van der Waals surface area contributed by atoms with Gasteiger partial charge in [-0.2, -0.15) is 0 Å². The van der Waals surface area contributed by atoms with E-state index in [0.717, 1.165) is 12.8 Å². The summed E-state index contributed by atoms with van der Waals surface area (Å²) in [7, 11) is 0. The zero-order valence-corrected chi connectivity index (χ0v) is 11.5. The first-order valence-corrected chi connectivity index (χ1v) is 6.71. The van der Waals surface area contributed by atoms with Crippen LogP contribution in [0.2, 0.25) is 0 Å². The Hall–Kier alpha value is -2.73. The van der Waals surface area contributed by atoms with Gasteiger partial charge in [-0.25, -0.2) is 4.79 Å². The van der Waals surface area contributed by atoms with Gasteiger partial charge >= 0.3 is 5.63 Å². The summed E-state index contributed by atoms with van der Waals surface area (Å²) in [5.74, 6) is 6.57. The minimum absolute atomic E-state index is 0.0430. The van der Waals surface area contributed by atoms with E-state index >= 15 is 0 Å². The highest BCUT2D eigenvalue weighted by atomic mass is 16.4. The van der Waals surface area contributed by atoms with Crippen molar-refractivity contribution in [3.05, 3.63) is 51.2 Å². The van der Waals surface area contributed by atoms with Gasteiger partial charge in [0, 0.05) is 22.9 Å². The summed E-state index contributed by atoms with van der Waals surface area (Å²) < 4.78 is 5.22. The molecule has 0 atom stereocenters. The number of fused-ring (bicyclic) bond motifs is 1. The molecule has 1 aliphatic carbocycles. The summed E-state index contributed by atoms with van der Waals surface area (Å²) in [4.78, 5) is 12.0. The lowest BCUT2D eigenvalue weighted by atomic mass is 10.1. The highest BCUT2D eigenvalue weighted by Gasteiger charge is 2.17. The minimum atomic E-state index is -0.507. The summed E-state index contributed by atoms with van der Waals surface area (Å²) in [6.07, 6.45) is 3.89. The topological polar surface area (TPSA) is 50.4 Å². The summed E-state index contributed by atoms with van der Waals surface area (Å²) in [6.45, 7) is 7.79. The molecule has 1 saturated carbocycles. The van der Waals surface area contributed by atoms with Crippen molar-refractivity contribution in [1.29, 1.82) is 0 Å². The van der Waals surface area contributed by atoms with Crippen LogP contribution in [0.4, 0.5) is 0 Å². The Morgan fingerprint density at radius 1 is 1.43 bits per heavy atom. The van der Waals surface area contributed by atoms with Gasteiger partial charge in [0.15, 0.2) is 0 Å². The van der Waals surface area contributed by atoms with Crippen LogP contribution in [0.25, 0.3) is 23.6 Å². The molecule has 3 nitrogen and oxygen atoms in total. The second-order valence-corrected chi connectivity index (χ2v) is 5.18. The monoisotopic (exact) mass is 278 g/mol. The van der Waals surface area contributed by atoms with E-state index in [1.807, 2.05) is 0 Å². The fraction of sp³-hybridized carbons (Fsp3) is 0.167. The Morgan fingerprint density at radius 2 is 2.19 bits per heavy atom. The third kappa shape index (κ3) is 2.75. The van der Waals surface area contributed by atoms with E-state index in [2.05, 4.69) is 25.0 Å². The molecule has 0 aliphatic heterocycles. The van der Waals surface area contributed by atoms with Crippen LogP contribution >= 0.6 is 0 Å². The number of phenolic OH excluding ortho intramolecular Hbond substituents is 1. The van der Waals surface area contributed by atoms with Gasteiger partial charge in [-0.3, -0.25) is 0 Å². The maximum Gasteiger partial charge on any atom is 0.344 e. The van der Waals surface area contributed by atoms with Gasteiger partial charge in [-0.05, 0) is 36.3 Å². The minimum Gasteiger partial charge on any atom is -0.508 e. The summed E-state index contributed by atoms with van der Waals surface area (Å²) in [5, 5.41) is 11.0. The number of hydrogen-bond donors (Lipinski definition) is 1. The number of aromatic hydroxyl groups is 1. The molecule has 0 saturated heterocycles. The van der Waals surface area contributed by atoms with Crippen molar-refractivity contribution in [2.45, 2.75) is 12.8 Å². The van der Waals surface area contributed by atoms with Gasteiger partial charge in [-0.1, -0.05) is 25.0 Å². The second-order valence-electron chi connectivity index (χ2n) is 5.18. The SMILES string of the molecule is C=C(C#CC1CC1)/C=c1/c(=O)oc2cc(O)ccc2c1=C. The average Bonchev–Trinajstić information content (AvgIpc) is 3.25. The second kappa shape index (κ2) is 4.99. The fourth-order valence-corrected chi connectivity index (χ4v) is 2.05. The third-order valence-electron chi connectivity index (χ3n) is 3.37. The van der Waals surface area contributed by atoms with E-state index in [1.54, 1.807) is 12.1 Å². The van der Waals surface area contributed by atoms with Crippen LogP contribution in [0.1, 0.15) is 12.8 Å². The number of allylic oxidation sites excluding steroid dienone is 1. The molecule has 1 N–H and O–H groups in total. The lowest BCUT2D eigenvalue weighted by Crippen LogP contribution is -2.37. The van der Waals surface area contributed by atoms with E-state index in [4.69, 9.17) is 4.42 Å². The zero-order valence-electron chi connectivity index (χ0n) is 11.5. The van der Waals surface area contributed by atoms with E-state index in [0.29, 0.717) is 32.9 Å². The largest absolute Gasteiger partial charge is 0.508 e. The van der Waals surface area contributed by atoms with Crippen LogP contribution in [-0.2, 0) is 0 Å². The van der Waals surface area contributed by atoms with Gasteiger partial charge in [0.25, 0.3) is 0 Å². The van der Waals surface area contributed by atoms with Gasteiger partial charge in [0.2, 0.25) is 0 Å². The van der Waals surface area contributed by atoms with Crippen LogP contribution in [-0.4, -0.2) is 5.11 Å². The van der Waals surface area contributed by atoms with Gasteiger partial charge in [0.1, 0.15) is 11.3 Å². The first-order valence-electron chi connectivity index (χ1n) is 6.71. The molecule has 0 amide bonds. The van der Waals surface area contributed by atoms with Crippen molar-refractivity contribution in [3.63, 3.8) is 0 Å². The summed E-state index contributed by atoms with van der Waals surface area (Å²) >= 11 is 0. The summed E-state index contributed by atoms with van der Waals surface area (Å²) in [6, 6.07) is 4.60. The molecular weight excluding hydrogens is 264 g/mol. The van der Waals surface area contributed by atoms with Crippen molar-refractivity contribution >= 4 is 23.6 Å². The average molecular weight is 278 g/mol. The molecule has 0 unspecified atom stereocenters. The molecule has 104 valence electrons. The number of rotatable bonds is 1. The molecule has 1 aromatic carbocycles. The smallest absolute Gasteiger partial charge is 0.344 e. The normalized spacial score (nSPS) is 14.8. The Morgan fingerprint density at radius 3 is 2.90 bits per heavy atom. The Kier molecular flexibility index (Phi) is 3.15. The predicted molar refractivity (Wildman–Crippen MR) is 83.0 cm³/mol. The van der Waals surface area contributed by atoms with Crippen LogP contribution in [0.3, 0.4) is 0 Å². The molecule has 0 bridgehead atoms. The molecule has 1 aromatic heterocycles. The molecular formula is C18H14O3.